The molecule has 0 saturated carbocycles. The highest BCUT2D eigenvalue weighted by Gasteiger charge is 2.05. The first-order valence-electron chi connectivity index (χ1n) is 3.37. The predicted molar refractivity (Wildman–Crippen MR) is 38.1 cm³/mol. The molecular weight excluding hydrogens is 128 g/mol. The summed E-state index contributed by atoms with van der Waals surface area (Å²) < 4.78 is 0. The van der Waals surface area contributed by atoms with Gasteiger partial charge in [-0.15, -0.1) is 0 Å². The number of nitriles is 1. The SMILES string of the molecule is CCNC(=O)CC(C)C#N. The monoisotopic (exact) mass is 140 g/mol. The molecule has 1 atom stereocenters. The fourth-order valence-corrected chi connectivity index (χ4v) is 0.593. The van der Waals surface area contributed by atoms with Gasteiger partial charge in [0.05, 0.1) is 12.0 Å². The molecule has 0 heterocycles. The van der Waals surface area contributed by atoms with Crippen molar-refractivity contribution in [3.8, 4) is 6.07 Å². The van der Waals surface area contributed by atoms with E-state index in [9.17, 15) is 4.79 Å². The van der Waals surface area contributed by atoms with Gasteiger partial charge in [-0.1, -0.05) is 0 Å². The Morgan fingerprint density at radius 3 is 2.80 bits per heavy atom. The molecule has 0 fully saturated rings. The van der Waals surface area contributed by atoms with Crippen LogP contribution in [0.15, 0.2) is 0 Å². The van der Waals surface area contributed by atoms with Crippen LogP contribution < -0.4 is 5.32 Å². The van der Waals surface area contributed by atoms with E-state index in [0.29, 0.717) is 13.0 Å². The fraction of sp³-hybridized carbons (Fsp3) is 0.714. The van der Waals surface area contributed by atoms with Gasteiger partial charge in [0, 0.05) is 13.0 Å². The summed E-state index contributed by atoms with van der Waals surface area (Å²) in [6.45, 7) is 4.22. The van der Waals surface area contributed by atoms with E-state index in [1.807, 2.05) is 13.0 Å². The third kappa shape index (κ3) is 3.90. The van der Waals surface area contributed by atoms with Crippen molar-refractivity contribution in [3.05, 3.63) is 0 Å². The van der Waals surface area contributed by atoms with E-state index in [1.54, 1.807) is 6.92 Å². The summed E-state index contributed by atoms with van der Waals surface area (Å²) in [7, 11) is 0. The first-order valence-corrected chi connectivity index (χ1v) is 3.37. The van der Waals surface area contributed by atoms with Crippen molar-refractivity contribution in [1.82, 2.24) is 5.32 Å². The molecular formula is C7H12N2O. The van der Waals surface area contributed by atoms with Crippen LogP contribution in [0.2, 0.25) is 0 Å². The maximum Gasteiger partial charge on any atom is 0.221 e. The lowest BCUT2D eigenvalue weighted by molar-refractivity contribution is -0.121. The second-order valence-corrected chi connectivity index (χ2v) is 2.19. The molecule has 0 aromatic heterocycles. The lowest BCUT2D eigenvalue weighted by atomic mass is 10.1. The second-order valence-electron chi connectivity index (χ2n) is 2.19. The van der Waals surface area contributed by atoms with Crippen LogP contribution in [-0.4, -0.2) is 12.5 Å². The van der Waals surface area contributed by atoms with Crippen LogP contribution in [0.1, 0.15) is 20.3 Å². The molecule has 0 aliphatic rings. The maximum absolute atomic E-state index is 10.8. The molecule has 1 N–H and O–H groups in total. The Bertz CT molecular complexity index is 148. The molecule has 1 unspecified atom stereocenters. The average Bonchev–Trinajstić information content (AvgIpc) is 1.88. The zero-order valence-corrected chi connectivity index (χ0v) is 6.35. The molecule has 1 amide bonds. The lowest BCUT2D eigenvalue weighted by Crippen LogP contribution is -2.23. The van der Waals surface area contributed by atoms with E-state index in [1.165, 1.54) is 0 Å². The summed E-state index contributed by atoms with van der Waals surface area (Å²) in [4.78, 5) is 10.8. The second kappa shape index (κ2) is 4.80. The number of amides is 1. The van der Waals surface area contributed by atoms with Gasteiger partial charge in [-0.25, -0.2) is 0 Å². The lowest BCUT2D eigenvalue weighted by Gasteiger charge is -2.01. The van der Waals surface area contributed by atoms with Gasteiger partial charge in [0.15, 0.2) is 0 Å². The van der Waals surface area contributed by atoms with Gasteiger partial charge in [0.1, 0.15) is 0 Å². The molecule has 10 heavy (non-hydrogen) atoms. The quantitative estimate of drug-likeness (QED) is 0.626. The third-order valence-corrected chi connectivity index (χ3v) is 1.09. The van der Waals surface area contributed by atoms with Crippen LogP contribution in [0.5, 0.6) is 0 Å². The van der Waals surface area contributed by atoms with Crippen LogP contribution in [0.25, 0.3) is 0 Å². The minimum Gasteiger partial charge on any atom is -0.356 e. The van der Waals surface area contributed by atoms with Crippen molar-refractivity contribution in [2.75, 3.05) is 6.54 Å². The van der Waals surface area contributed by atoms with Crippen molar-refractivity contribution in [2.24, 2.45) is 5.92 Å². The molecule has 0 rings (SSSR count). The summed E-state index contributed by atoms with van der Waals surface area (Å²) in [5.74, 6) is -0.219. The van der Waals surface area contributed by atoms with E-state index in [0.717, 1.165) is 0 Å². The molecule has 0 aliphatic carbocycles. The van der Waals surface area contributed by atoms with E-state index < -0.39 is 0 Å². The molecule has 3 nitrogen and oxygen atoms in total. The van der Waals surface area contributed by atoms with Crippen molar-refractivity contribution in [1.29, 1.82) is 5.26 Å². The molecule has 3 heteroatoms. The Hall–Kier alpha value is -1.04. The van der Waals surface area contributed by atoms with Crippen molar-refractivity contribution in [3.63, 3.8) is 0 Å². The minimum atomic E-state index is -0.174. The summed E-state index contributed by atoms with van der Waals surface area (Å²) in [5, 5.41) is 10.9. The van der Waals surface area contributed by atoms with Gasteiger partial charge in [-0.2, -0.15) is 5.26 Å². The number of hydrogen-bond acceptors (Lipinski definition) is 2. The van der Waals surface area contributed by atoms with Crippen LogP contribution in [0.4, 0.5) is 0 Å². The van der Waals surface area contributed by atoms with E-state index in [4.69, 9.17) is 5.26 Å². The maximum atomic E-state index is 10.8. The number of rotatable bonds is 3. The van der Waals surface area contributed by atoms with Crippen LogP contribution in [0.3, 0.4) is 0 Å². The van der Waals surface area contributed by atoms with Gasteiger partial charge in [-0.3, -0.25) is 4.79 Å². The Morgan fingerprint density at radius 2 is 2.40 bits per heavy atom. The van der Waals surface area contributed by atoms with Gasteiger partial charge in [0.25, 0.3) is 0 Å². The Balaban J connectivity index is 3.49. The number of hydrogen-bond donors (Lipinski definition) is 1. The number of carbonyl (C=O) groups is 1. The zero-order chi connectivity index (χ0) is 7.98. The summed E-state index contributed by atoms with van der Waals surface area (Å²) in [5.41, 5.74) is 0. The van der Waals surface area contributed by atoms with Gasteiger partial charge in [-0.05, 0) is 13.8 Å². The highest BCUT2D eigenvalue weighted by molar-refractivity contribution is 5.76. The van der Waals surface area contributed by atoms with Crippen molar-refractivity contribution in [2.45, 2.75) is 20.3 Å². The molecule has 0 radical (unpaired) electrons. The predicted octanol–water partition coefficient (Wildman–Crippen LogP) is 0.672. The standard InChI is InChI=1S/C7H12N2O/c1-3-9-7(10)4-6(2)5-8/h6H,3-4H2,1-2H3,(H,9,10). The van der Waals surface area contributed by atoms with Crippen molar-refractivity contribution >= 4 is 5.91 Å². The molecule has 56 valence electrons. The number of carbonyl (C=O) groups excluding carboxylic acids is 1. The normalized spacial score (nSPS) is 11.7. The van der Waals surface area contributed by atoms with Crippen LogP contribution >= 0.6 is 0 Å². The smallest absolute Gasteiger partial charge is 0.221 e. The summed E-state index contributed by atoms with van der Waals surface area (Å²) in [6, 6.07) is 1.99. The number of nitrogens with zero attached hydrogens (tertiary/aromatic N) is 1. The van der Waals surface area contributed by atoms with E-state index in [-0.39, 0.29) is 11.8 Å². The third-order valence-electron chi connectivity index (χ3n) is 1.09. The Morgan fingerprint density at radius 1 is 1.80 bits per heavy atom. The van der Waals surface area contributed by atoms with Crippen molar-refractivity contribution < 1.29 is 4.79 Å². The molecule has 0 aromatic carbocycles. The number of nitrogens with one attached hydrogen (secondary N) is 1. The van der Waals surface area contributed by atoms with Crippen LogP contribution in [-0.2, 0) is 4.79 Å². The minimum absolute atomic E-state index is 0.0449. The highest BCUT2D eigenvalue weighted by Crippen LogP contribution is 1.97. The van der Waals surface area contributed by atoms with Gasteiger partial charge < -0.3 is 5.32 Å². The first kappa shape index (κ1) is 8.96. The summed E-state index contributed by atoms with van der Waals surface area (Å²) in [6.07, 6.45) is 0.310. The van der Waals surface area contributed by atoms with E-state index in [2.05, 4.69) is 5.32 Å². The topological polar surface area (TPSA) is 52.9 Å². The molecule has 0 bridgehead atoms. The summed E-state index contributed by atoms with van der Waals surface area (Å²) >= 11 is 0. The van der Waals surface area contributed by atoms with Gasteiger partial charge in [0.2, 0.25) is 5.91 Å². The first-order chi connectivity index (χ1) is 4.70. The molecule has 0 saturated heterocycles. The molecule has 0 aromatic rings. The Labute approximate surface area is 61.0 Å². The van der Waals surface area contributed by atoms with Gasteiger partial charge >= 0.3 is 0 Å². The van der Waals surface area contributed by atoms with E-state index >= 15 is 0 Å². The largest absolute Gasteiger partial charge is 0.356 e. The zero-order valence-electron chi connectivity index (χ0n) is 6.35. The average molecular weight is 140 g/mol. The fourth-order valence-electron chi connectivity index (χ4n) is 0.593. The highest BCUT2D eigenvalue weighted by atomic mass is 16.1. The molecule has 0 spiro atoms. The Kier molecular flexibility index (Phi) is 4.30. The van der Waals surface area contributed by atoms with Crippen LogP contribution in [0, 0.1) is 17.2 Å². The molecule has 0 aliphatic heterocycles.